The number of aliphatic hydroxyl groups is 1. The Kier molecular flexibility index (Phi) is 43.5. The minimum absolute atomic E-state index is 0.000157. The van der Waals surface area contributed by atoms with Crippen LogP contribution in [-0.2, 0) is 18.4 Å². The topological polar surface area (TPSA) is 108 Å². The summed E-state index contributed by atoms with van der Waals surface area (Å²) in [6, 6.07) is -0.885. The van der Waals surface area contributed by atoms with Gasteiger partial charge < -0.3 is 28.8 Å². The molecule has 0 aliphatic heterocycles. The zero-order valence-electron chi connectivity index (χ0n) is 41.1. The Morgan fingerprint density at radius 1 is 0.557 bits per heavy atom. The summed E-state index contributed by atoms with van der Waals surface area (Å²) >= 11 is 0. The van der Waals surface area contributed by atoms with Gasteiger partial charge in [-0.15, -0.1) is 0 Å². The van der Waals surface area contributed by atoms with E-state index >= 15 is 0 Å². The van der Waals surface area contributed by atoms with Crippen molar-refractivity contribution < 1.29 is 32.9 Å². The summed E-state index contributed by atoms with van der Waals surface area (Å²) in [5.74, 6) is -0.197. The molecule has 0 heterocycles. The number of quaternary nitrogens is 1. The molecule has 3 atom stereocenters. The van der Waals surface area contributed by atoms with Crippen LogP contribution in [0, 0.1) is 0 Å². The Labute approximate surface area is 379 Å². The number of hydrogen-bond donors (Lipinski definition) is 2. The van der Waals surface area contributed by atoms with Crippen molar-refractivity contribution in [1.82, 2.24) is 5.32 Å². The molecule has 362 valence electrons. The highest BCUT2D eigenvalue weighted by Crippen LogP contribution is 2.38. The molecule has 1 amide bonds. The van der Waals surface area contributed by atoms with Gasteiger partial charge in [-0.2, -0.15) is 0 Å². The van der Waals surface area contributed by atoms with Crippen molar-refractivity contribution in [3.8, 4) is 0 Å². The minimum atomic E-state index is -4.59. The Morgan fingerprint density at radius 3 is 1.28 bits per heavy atom. The van der Waals surface area contributed by atoms with E-state index in [1.165, 1.54) is 193 Å². The molecule has 0 rings (SSSR count). The zero-order chi connectivity index (χ0) is 45.0. The van der Waals surface area contributed by atoms with E-state index in [-0.39, 0.29) is 19.1 Å². The first-order valence-corrected chi connectivity index (χ1v) is 27.7. The summed E-state index contributed by atoms with van der Waals surface area (Å²) in [7, 11) is 1.27. The standard InChI is InChI=1S/C52H103N2O6P/c1-6-8-10-12-14-16-18-20-22-24-26-28-29-31-33-35-37-39-41-43-45-51(55)50(49-60-61(57,58)59-48-47-54(3,4)5)53-52(56)46-44-42-40-38-36-34-32-30-27-25-23-21-19-17-15-13-11-9-7-2/h21,23,43,45,50-51,55H,6-20,22,24-42,44,46-49H2,1-5H3,(H-,53,56,57,58)/b23-21-,45-43+. The maximum Gasteiger partial charge on any atom is 0.268 e. The molecule has 0 fully saturated rings. The van der Waals surface area contributed by atoms with Gasteiger partial charge in [0.1, 0.15) is 13.2 Å². The maximum absolute atomic E-state index is 12.9. The fourth-order valence-electron chi connectivity index (χ4n) is 7.74. The van der Waals surface area contributed by atoms with Gasteiger partial charge in [0.25, 0.3) is 7.82 Å². The van der Waals surface area contributed by atoms with Gasteiger partial charge in [0, 0.05) is 6.42 Å². The number of aliphatic hydroxyl groups excluding tert-OH is 1. The van der Waals surface area contributed by atoms with Crippen molar-refractivity contribution in [3.63, 3.8) is 0 Å². The number of amides is 1. The van der Waals surface area contributed by atoms with E-state index in [0.717, 1.165) is 38.5 Å². The molecular formula is C52H103N2O6P. The van der Waals surface area contributed by atoms with Gasteiger partial charge in [0.2, 0.25) is 5.91 Å². The third kappa shape index (κ3) is 46.8. The predicted octanol–water partition coefficient (Wildman–Crippen LogP) is 14.6. The highest BCUT2D eigenvalue weighted by molar-refractivity contribution is 7.45. The number of phosphoric acid groups is 1. The molecule has 3 unspecified atom stereocenters. The van der Waals surface area contributed by atoms with E-state index in [9.17, 15) is 19.4 Å². The number of hydrogen-bond acceptors (Lipinski definition) is 6. The molecule has 8 nitrogen and oxygen atoms in total. The summed E-state index contributed by atoms with van der Waals surface area (Å²) < 4.78 is 23.3. The zero-order valence-corrected chi connectivity index (χ0v) is 42.0. The normalized spacial score (nSPS) is 14.3. The van der Waals surface area contributed by atoms with Crippen LogP contribution in [0.1, 0.15) is 251 Å². The number of unbranched alkanes of at least 4 members (excludes halogenated alkanes) is 33. The highest BCUT2D eigenvalue weighted by atomic mass is 31.2. The van der Waals surface area contributed by atoms with Crippen LogP contribution in [0.25, 0.3) is 0 Å². The van der Waals surface area contributed by atoms with Crippen LogP contribution in [0.4, 0.5) is 0 Å². The Bertz CT molecular complexity index is 1050. The van der Waals surface area contributed by atoms with Gasteiger partial charge in [-0.3, -0.25) is 9.36 Å². The summed E-state index contributed by atoms with van der Waals surface area (Å²) in [5, 5.41) is 13.9. The molecule has 0 aromatic rings. The molecule has 0 aromatic carbocycles. The summed E-state index contributed by atoms with van der Waals surface area (Å²) in [6.45, 7) is 4.67. The molecule has 0 radical (unpaired) electrons. The highest BCUT2D eigenvalue weighted by Gasteiger charge is 2.23. The maximum atomic E-state index is 12.9. The van der Waals surface area contributed by atoms with Gasteiger partial charge in [0.05, 0.1) is 39.9 Å². The van der Waals surface area contributed by atoms with Crippen LogP contribution in [0.2, 0.25) is 0 Å². The molecule has 0 spiro atoms. The Hall–Kier alpha value is -1.02. The molecule has 9 heteroatoms. The summed E-state index contributed by atoms with van der Waals surface area (Å²) in [5.41, 5.74) is 0. The lowest BCUT2D eigenvalue weighted by Crippen LogP contribution is -2.45. The number of carbonyl (C=O) groups excluding carboxylic acids is 1. The molecule has 2 N–H and O–H groups in total. The first-order valence-electron chi connectivity index (χ1n) is 26.2. The molecule has 0 bridgehead atoms. The van der Waals surface area contributed by atoms with Crippen molar-refractivity contribution >= 4 is 13.7 Å². The van der Waals surface area contributed by atoms with Crippen molar-refractivity contribution in [1.29, 1.82) is 0 Å². The molecule has 0 aromatic heterocycles. The largest absolute Gasteiger partial charge is 0.756 e. The second-order valence-corrected chi connectivity index (χ2v) is 20.6. The Morgan fingerprint density at radius 2 is 0.902 bits per heavy atom. The van der Waals surface area contributed by atoms with Gasteiger partial charge in [-0.05, 0) is 44.9 Å². The first kappa shape index (κ1) is 60.0. The Balaban J connectivity index is 4.29. The van der Waals surface area contributed by atoms with Crippen LogP contribution in [-0.4, -0.2) is 68.5 Å². The fraction of sp³-hybridized carbons (Fsp3) is 0.904. The average Bonchev–Trinajstić information content (AvgIpc) is 3.21. The minimum Gasteiger partial charge on any atom is -0.756 e. The molecular weight excluding hydrogens is 780 g/mol. The van der Waals surface area contributed by atoms with Gasteiger partial charge in [-0.25, -0.2) is 0 Å². The van der Waals surface area contributed by atoms with Crippen molar-refractivity contribution in [2.45, 2.75) is 264 Å². The van der Waals surface area contributed by atoms with E-state index < -0.39 is 20.0 Å². The van der Waals surface area contributed by atoms with Crippen molar-refractivity contribution in [3.05, 3.63) is 24.3 Å². The quantitative estimate of drug-likeness (QED) is 0.0273. The number of allylic oxidation sites excluding steroid dienone is 3. The van der Waals surface area contributed by atoms with Gasteiger partial charge in [0.15, 0.2) is 0 Å². The van der Waals surface area contributed by atoms with Crippen LogP contribution in [0.5, 0.6) is 0 Å². The van der Waals surface area contributed by atoms with Crippen molar-refractivity contribution in [2.75, 3.05) is 40.9 Å². The van der Waals surface area contributed by atoms with E-state index in [2.05, 4.69) is 31.3 Å². The molecule has 61 heavy (non-hydrogen) atoms. The smallest absolute Gasteiger partial charge is 0.268 e. The van der Waals surface area contributed by atoms with E-state index in [1.54, 1.807) is 6.08 Å². The average molecular weight is 883 g/mol. The third-order valence-electron chi connectivity index (χ3n) is 11.9. The van der Waals surface area contributed by atoms with E-state index in [1.807, 2.05) is 27.2 Å². The van der Waals surface area contributed by atoms with Gasteiger partial charge in [-0.1, -0.05) is 224 Å². The fourth-order valence-corrected chi connectivity index (χ4v) is 8.46. The van der Waals surface area contributed by atoms with Crippen LogP contribution in [0.15, 0.2) is 24.3 Å². The van der Waals surface area contributed by atoms with Crippen molar-refractivity contribution in [2.24, 2.45) is 0 Å². The molecule has 0 aliphatic rings. The lowest BCUT2D eigenvalue weighted by atomic mass is 10.0. The number of likely N-dealkylation sites (N-methyl/N-ethyl adjacent to an activating group) is 1. The van der Waals surface area contributed by atoms with Crippen LogP contribution < -0.4 is 10.2 Å². The number of phosphoric ester groups is 1. The monoisotopic (exact) mass is 883 g/mol. The van der Waals surface area contributed by atoms with Gasteiger partial charge >= 0.3 is 0 Å². The third-order valence-corrected chi connectivity index (χ3v) is 12.9. The summed E-state index contributed by atoms with van der Waals surface area (Å²) in [6.07, 6.45) is 53.7. The lowest BCUT2D eigenvalue weighted by Gasteiger charge is -2.29. The van der Waals surface area contributed by atoms with Crippen LogP contribution >= 0.6 is 7.82 Å². The number of rotatable bonds is 48. The summed E-state index contributed by atoms with van der Waals surface area (Å²) in [4.78, 5) is 25.4. The molecule has 0 aliphatic carbocycles. The first-order chi connectivity index (χ1) is 29.5. The predicted molar refractivity (Wildman–Crippen MR) is 261 cm³/mol. The van der Waals surface area contributed by atoms with E-state index in [4.69, 9.17) is 9.05 Å². The second kappa shape index (κ2) is 44.2. The number of nitrogens with one attached hydrogen (secondary N) is 1. The molecule has 0 saturated heterocycles. The second-order valence-electron chi connectivity index (χ2n) is 19.2. The number of carbonyl (C=O) groups is 1. The van der Waals surface area contributed by atoms with Crippen LogP contribution in [0.3, 0.4) is 0 Å². The lowest BCUT2D eigenvalue weighted by molar-refractivity contribution is -0.870. The van der Waals surface area contributed by atoms with E-state index in [0.29, 0.717) is 17.4 Å². The molecule has 0 saturated carbocycles. The number of nitrogens with zero attached hydrogens (tertiary/aromatic N) is 1. The SMILES string of the molecule is CCCCCCCC/C=C\CCCCCCCCCCCC(=O)NC(COP(=O)([O-])OCC[N+](C)(C)C)C(O)/C=C/CCCCCCCCCCCCCCCCCCCC.